The van der Waals surface area contributed by atoms with E-state index in [1.807, 2.05) is 10.6 Å². The molecule has 1 N–H and O–H groups in total. The molecule has 13 nitrogen and oxygen atoms in total. The summed E-state index contributed by atoms with van der Waals surface area (Å²) in [7, 11) is 1.56. The first-order valence-corrected chi connectivity index (χ1v) is 13.7. The average Bonchev–Trinajstić information content (AvgIpc) is 3.69. The molecular weight excluding hydrogens is 629 g/mol. The van der Waals surface area contributed by atoms with Gasteiger partial charge in [0.1, 0.15) is 11.6 Å². The molecule has 0 saturated carbocycles. The van der Waals surface area contributed by atoms with Crippen molar-refractivity contribution >= 4 is 38.1 Å². The number of nitrogens with zero attached hydrogens (tertiary/aromatic N) is 8. The average molecular weight is 655 g/mol. The standard InChI is InChI=1S/C23H25BrN8O3.C2HF3O2/c1-3-4-5-11-31-21-15(12-16(24)26-21)22(33)32-17(28-29-23(31)32)7-6-8-19-27-20(30-35-19)14-9-10-18(34-2)25-13-14;3-2(4,5)1(6)7/h9-10,13H,3-8,11-12H2,1-2H3;(H,6,7). The van der Waals surface area contributed by atoms with Crippen LogP contribution >= 0.6 is 15.9 Å². The smallest absolute Gasteiger partial charge is 0.481 e. The largest absolute Gasteiger partial charge is 0.490 e. The summed E-state index contributed by atoms with van der Waals surface area (Å²) in [5, 5.41) is 19.9. The van der Waals surface area contributed by atoms with Crippen LogP contribution in [-0.2, 0) is 30.6 Å². The molecule has 0 saturated heterocycles. The van der Waals surface area contributed by atoms with E-state index in [0.29, 0.717) is 66.3 Å². The first-order chi connectivity index (χ1) is 20.0. The van der Waals surface area contributed by atoms with Crippen LogP contribution in [0, 0.1) is 0 Å². The van der Waals surface area contributed by atoms with Crippen LogP contribution in [0.4, 0.5) is 19.0 Å². The fourth-order valence-electron chi connectivity index (χ4n) is 4.15. The van der Waals surface area contributed by atoms with Gasteiger partial charge in [0.2, 0.25) is 23.4 Å². The van der Waals surface area contributed by atoms with Crippen molar-refractivity contribution in [3.63, 3.8) is 0 Å². The lowest BCUT2D eigenvalue weighted by Gasteiger charge is -2.12. The van der Waals surface area contributed by atoms with Gasteiger partial charge in [0.15, 0.2) is 0 Å². The maximum atomic E-state index is 13.3. The van der Waals surface area contributed by atoms with Crippen molar-refractivity contribution in [1.29, 1.82) is 0 Å². The minimum atomic E-state index is -5.08. The molecule has 17 heteroatoms. The van der Waals surface area contributed by atoms with Crippen LogP contribution in [0.1, 0.15) is 49.9 Å². The second kappa shape index (κ2) is 13.2. The number of rotatable bonds is 10. The Balaban J connectivity index is 0.000000517. The highest BCUT2D eigenvalue weighted by Gasteiger charge is 2.38. The van der Waals surface area contributed by atoms with Crippen molar-refractivity contribution in [1.82, 2.24) is 34.3 Å². The number of methoxy groups -OCH3 is 1. The number of aliphatic carboxylic acids is 1. The van der Waals surface area contributed by atoms with Gasteiger partial charge in [-0.1, -0.05) is 24.9 Å². The number of ether oxygens (including phenoxy) is 1. The molecule has 0 radical (unpaired) electrons. The zero-order valence-corrected chi connectivity index (χ0v) is 24.1. The zero-order chi connectivity index (χ0) is 30.4. The van der Waals surface area contributed by atoms with Crippen molar-refractivity contribution in [2.24, 2.45) is 4.99 Å². The van der Waals surface area contributed by atoms with Crippen molar-refractivity contribution in [3.05, 3.63) is 46.0 Å². The van der Waals surface area contributed by atoms with E-state index >= 15 is 0 Å². The summed E-state index contributed by atoms with van der Waals surface area (Å²) in [6.45, 7) is 2.91. The van der Waals surface area contributed by atoms with E-state index in [9.17, 15) is 18.0 Å². The molecule has 1 aliphatic rings. The van der Waals surface area contributed by atoms with Crippen LogP contribution < -0.4 is 10.3 Å². The van der Waals surface area contributed by atoms with Gasteiger partial charge in [-0.3, -0.25) is 9.36 Å². The highest BCUT2D eigenvalue weighted by Crippen LogP contribution is 2.28. The molecule has 5 heterocycles. The number of halogens is 4. The van der Waals surface area contributed by atoms with Gasteiger partial charge in [-0.2, -0.15) is 18.2 Å². The lowest BCUT2D eigenvalue weighted by atomic mass is 10.2. The lowest BCUT2D eigenvalue weighted by molar-refractivity contribution is -0.192. The Labute approximate surface area is 244 Å². The maximum absolute atomic E-state index is 13.3. The van der Waals surface area contributed by atoms with Crippen molar-refractivity contribution in [2.45, 2.75) is 64.6 Å². The van der Waals surface area contributed by atoms with E-state index in [4.69, 9.17) is 19.2 Å². The molecule has 0 fully saturated rings. The summed E-state index contributed by atoms with van der Waals surface area (Å²) in [6.07, 6.45) is 2.01. The minimum Gasteiger partial charge on any atom is -0.481 e. The summed E-state index contributed by atoms with van der Waals surface area (Å²) in [5.41, 5.74) is 1.32. The number of aryl methyl sites for hydroxylation is 3. The normalized spacial score (nSPS) is 12.6. The first kappa shape index (κ1) is 30.8. The molecule has 0 aromatic carbocycles. The lowest BCUT2D eigenvalue weighted by Crippen LogP contribution is -2.23. The predicted molar refractivity (Wildman–Crippen MR) is 146 cm³/mol. The van der Waals surface area contributed by atoms with Gasteiger partial charge < -0.3 is 14.4 Å². The number of carboxylic acid groups (broad SMARTS) is 1. The van der Waals surface area contributed by atoms with Gasteiger partial charge in [-0.15, -0.1) is 10.2 Å². The summed E-state index contributed by atoms with van der Waals surface area (Å²) in [6, 6.07) is 3.58. The molecular formula is C25H26BrF3N8O5. The third-order valence-electron chi connectivity index (χ3n) is 6.18. The van der Waals surface area contributed by atoms with E-state index in [0.717, 1.165) is 36.0 Å². The summed E-state index contributed by atoms with van der Waals surface area (Å²) >= 11 is 3.46. The third kappa shape index (κ3) is 7.00. The molecule has 0 atom stereocenters. The van der Waals surface area contributed by atoms with Crippen LogP contribution in [0.15, 0.2) is 32.6 Å². The van der Waals surface area contributed by atoms with Gasteiger partial charge in [0, 0.05) is 43.6 Å². The molecule has 4 aromatic heterocycles. The van der Waals surface area contributed by atoms with Crippen LogP contribution in [0.2, 0.25) is 0 Å². The molecule has 224 valence electrons. The van der Waals surface area contributed by atoms with Crippen LogP contribution in [0.5, 0.6) is 5.88 Å². The summed E-state index contributed by atoms with van der Waals surface area (Å²) in [4.78, 5) is 35.4. The Morgan fingerprint density at radius 3 is 2.60 bits per heavy atom. The Morgan fingerprint density at radius 2 is 1.95 bits per heavy atom. The van der Waals surface area contributed by atoms with Gasteiger partial charge in [0.25, 0.3) is 5.56 Å². The van der Waals surface area contributed by atoms with E-state index in [-0.39, 0.29) is 5.56 Å². The molecule has 0 unspecified atom stereocenters. The number of aliphatic imine (C=N–C) groups is 1. The van der Waals surface area contributed by atoms with Gasteiger partial charge in [-0.25, -0.2) is 19.2 Å². The number of carbonyl (C=O) groups is 1. The Bertz CT molecular complexity index is 1650. The highest BCUT2D eigenvalue weighted by atomic mass is 79.9. The predicted octanol–water partition coefficient (Wildman–Crippen LogP) is 4.32. The number of hydrogen-bond acceptors (Lipinski definition) is 10. The molecule has 0 amide bonds. The van der Waals surface area contributed by atoms with Gasteiger partial charge in [-0.05, 0) is 34.8 Å². The van der Waals surface area contributed by atoms with Crippen LogP contribution in [0.25, 0.3) is 17.2 Å². The van der Waals surface area contributed by atoms with Crippen molar-refractivity contribution in [2.75, 3.05) is 7.11 Å². The highest BCUT2D eigenvalue weighted by molar-refractivity contribution is 9.18. The number of unbranched alkanes of at least 4 members (excludes halogenated alkanes) is 2. The van der Waals surface area contributed by atoms with Gasteiger partial charge >= 0.3 is 12.1 Å². The Morgan fingerprint density at radius 1 is 1.19 bits per heavy atom. The molecule has 0 aliphatic carbocycles. The monoisotopic (exact) mass is 654 g/mol. The fourth-order valence-corrected chi connectivity index (χ4v) is 4.60. The molecule has 42 heavy (non-hydrogen) atoms. The molecule has 0 bridgehead atoms. The second-order valence-electron chi connectivity index (χ2n) is 9.14. The summed E-state index contributed by atoms with van der Waals surface area (Å²) < 4.78 is 46.6. The van der Waals surface area contributed by atoms with Crippen LogP contribution in [0.3, 0.4) is 0 Å². The van der Waals surface area contributed by atoms with Crippen molar-refractivity contribution in [3.8, 4) is 17.3 Å². The third-order valence-corrected chi connectivity index (χ3v) is 6.64. The van der Waals surface area contributed by atoms with E-state index in [1.165, 1.54) is 0 Å². The Kier molecular flexibility index (Phi) is 9.70. The van der Waals surface area contributed by atoms with E-state index in [2.05, 4.69) is 53.2 Å². The SMILES string of the molecule is CCCCCn1c2c(c(=O)n3c(CCCc4nc(-c5ccc(OC)nc5)no4)nnc13)CC(Br)=N2.O=C(O)C(F)(F)F. The molecule has 4 aromatic rings. The van der Waals surface area contributed by atoms with Gasteiger partial charge in [0.05, 0.1) is 17.3 Å². The summed E-state index contributed by atoms with van der Waals surface area (Å²) in [5.74, 6) is 0.603. The number of pyridine rings is 1. The van der Waals surface area contributed by atoms with E-state index in [1.54, 1.807) is 23.8 Å². The number of aromatic nitrogens is 7. The number of carboxylic acids is 1. The molecule has 1 aliphatic heterocycles. The Hall–Kier alpha value is -4.15. The first-order valence-electron chi connectivity index (χ1n) is 12.9. The zero-order valence-electron chi connectivity index (χ0n) is 22.6. The maximum Gasteiger partial charge on any atom is 0.490 e. The second-order valence-corrected chi connectivity index (χ2v) is 10.1. The number of fused-ring (bicyclic) bond motifs is 2. The van der Waals surface area contributed by atoms with Crippen molar-refractivity contribution < 1.29 is 32.3 Å². The minimum absolute atomic E-state index is 0.105. The molecule has 0 spiro atoms. The number of hydrogen-bond donors (Lipinski definition) is 1. The quantitative estimate of drug-likeness (QED) is 0.244. The van der Waals surface area contributed by atoms with E-state index < -0.39 is 12.1 Å². The fraction of sp³-hybridized carbons (Fsp3) is 0.440. The topological polar surface area (TPSA) is 163 Å². The number of alkyl halides is 3. The molecule has 5 rings (SSSR count). The van der Waals surface area contributed by atoms with Crippen LogP contribution in [-0.4, -0.2) is 63.3 Å².